The molecular weight excluding hydrogens is 206 g/mol. The largest absolute Gasteiger partial charge is 0.396 e. The van der Waals surface area contributed by atoms with Gasteiger partial charge in [-0.15, -0.1) is 0 Å². The lowest BCUT2D eigenvalue weighted by Gasteiger charge is -2.31. The van der Waals surface area contributed by atoms with Crippen molar-refractivity contribution in [1.82, 2.24) is 5.32 Å². The molecule has 2 N–H and O–H groups in total. The van der Waals surface area contributed by atoms with Gasteiger partial charge in [0.25, 0.3) is 0 Å². The predicted octanol–water partition coefficient (Wildman–Crippen LogP) is 1.04. The summed E-state index contributed by atoms with van der Waals surface area (Å²) in [4.78, 5) is 0. The van der Waals surface area contributed by atoms with Crippen molar-refractivity contribution in [3.8, 4) is 0 Å². The van der Waals surface area contributed by atoms with Gasteiger partial charge in [0, 0.05) is 26.3 Å². The molecule has 4 heteroatoms. The molecule has 0 aliphatic rings. The molecule has 0 aromatic heterocycles. The topological polar surface area (TPSA) is 50.7 Å². The lowest BCUT2D eigenvalue weighted by Crippen LogP contribution is -2.42. The summed E-state index contributed by atoms with van der Waals surface area (Å²) in [6, 6.07) is 0.323. The molecule has 4 nitrogen and oxygen atoms in total. The van der Waals surface area contributed by atoms with Crippen molar-refractivity contribution >= 4 is 0 Å². The highest BCUT2D eigenvalue weighted by Crippen LogP contribution is 2.21. The van der Waals surface area contributed by atoms with Crippen molar-refractivity contribution in [2.24, 2.45) is 5.41 Å². The third kappa shape index (κ3) is 8.05. The summed E-state index contributed by atoms with van der Waals surface area (Å²) in [7, 11) is 1.67. The van der Waals surface area contributed by atoms with Crippen molar-refractivity contribution in [2.45, 2.75) is 33.2 Å². The van der Waals surface area contributed by atoms with Crippen molar-refractivity contribution in [1.29, 1.82) is 0 Å². The molecule has 1 unspecified atom stereocenters. The fraction of sp³-hybridized carbons (Fsp3) is 1.00. The summed E-state index contributed by atoms with van der Waals surface area (Å²) in [5.74, 6) is 0. The van der Waals surface area contributed by atoms with Crippen molar-refractivity contribution in [2.75, 3.05) is 40.1 Å². The zero-order valence-electron chi connectivity index (χ0n) is 11.1. The molecule has 16 heavy (non-hydrogen) atoms. The predicted molar refractivity (Wildman–Crippen MR) is 65.6 cm³/mol. The molecule has 0 aromatic carbocycles. The quantitative estimate of drug-likeness (QED) is 0.584. The Morgan fingerprint density at radius 1 is 1.19 bits per heavy atom. The molecule has 0 amide bonds. The molecule has 98 valence electrons. The van der Waals surface area contributed by atoms with E-state index in [0.29, 0.717) is 25.9 Å². The van der Waals surface area contributed by atoms with Gasteiger partial charge in [-0.05, 0) is 11.8 Å². The van der Waals surface area contributed by atoms with Crippen molar-refractivity contribution < 1.29 is 14.6 Å². The van der Waals surface area contributed by atoms with E-state index in [4.69, 9.17) is 14.6 Å². The van der Waals surface area contributed by atoms with Crippen LogP contribution >= 0.6 is 0 Å². The SMILES string of the molecule is COCCOCCNC(CCO)C(C)(C)C. The van der Waals surface area contributed by atoms with E-state index in [-0.39, 0.29) is 12.0 Å². The van der Waals surface area contributed by atoms with Crippen LogP contribution in [0.2, 0.25) is 0 Å². The van der Waals surface area contributed by atoms with Crippen LogP contribution in [-0.4, -0.2) is 51.2 Å². The highest BCUT2D eigenvalue weighted by Gasteiger charge is 2.22. The van der Waals surface area contributed by atoms with Gasteiger partial charge in [0.2, 0.25) is 0 Å². The summed E-state index contributed by atoms with van der Waals surface area (Å²) in [5, 5.41) is 12.4. The van der Waals surface area contributed by atoms with Gasteiger partial charge in [-0.2, -0.15) is 0 Å². The number of methoxy groups -OCH3 is 1. The fourth-order valence-electron chi connectivity index (χ4n) is 1.52. The number of hydrogen-bond donors (Lipinski definition) is 2. The molecule has 0 aromatic rings. The zero-order valence-corrected chi connectivity index (χ0v) is 11.1. The fourth-order valence-corrected chi connectivity index (χ4v) is 1.52. The maximum Gasteiger partial charge on any atom is 0.0700 e. The van der Waals surface area contributed by atoms with Crippen LogP contribution in [0.4, 0.5) is 0 Å². The van der Waals surface area contributed by atoms with Crippen LogP contribution in [0.5, 0.6) is 0 Å². The van der Waals surface area contributed by atoms with Gasteiger partial charge in [0.05, 0.1) is 19.8 Å². The molecule has 0 aliphatic heterocycles. The summed E-state index contributed by atoms with van der Waals surface area (Å²) >= 11 is 0. The second-order valence-electron chi connectivity index (χ2n) is 4.99. The maximum absolute atomic E-state index is 8.98. The highest BCUT2D eigenvalue weighted by atomic mass is 16.5. The van der Waals surface area contributed by atoms with Gasteiger partial charge < -0.3 is 19.9 Å². The number of ether oxygens (including phenoxy) is 2. The molecule has 0 saturated carbocycles. The van der Waals surface area contributed by atoms with E-state index in [0.717, 1.165) is 13.0 Å². The van der Waals surface area contributed by atoms with Gasteiger partial charge in [-0.25, -0.2) is 0 Å². The van der Waals surface area contributed by atoms with E-state index in [1.54, 1.807) is 7.11 Å². The molecule has 0 bridgehead atoms. The Morgan fingerprint density at radius 3 is 2.38 bits per heavy atom. The summed E-state index contributed by atoms with van der Waals surface area (Å²) in [6.45, 7) is 9.51. The second-order valence-corrected chi connectivity index (χ2v) is 4.99. The van der Waals surface area contributed by atoms with E-state index in [9.17, 15) is 0 Å². The Morgan fingerprint density at radius 2 is 1.88 bits per heavy atom. The first-order valence-corrected chi connectivity index (χ1v) is 5.93. The van der Waals surface area contributed by atoms with E-state index in [1.807, 2.05) is 0 Å². The number of hydrogen-bond acceptors (Lipinski definition) is 4. The number of aliphatic hydroxyl groups excluding tert-OH is 1. The van der Waals surface area contributed by atoms with Crippen LogP contribution in [0.1, 0.15) is 27.2 Å². The second kappa shape index (κ2) is 8.93. The van der Waals surface area contributed by atoms with Crippen LogP contribution < -0.4 is 5.32 Å². The Bertz CT molecular complexity index is 157. The Balaban J connectivity index is 3.61. The summed E-state index contributed by atoms with van der Waals surface area (Å²) < 4.78 is 10.2. The third-order valence-electron chi connectivity index (χ3n) is 2.53. The van der Waals surface area contributed by atoms with Crippen LogP contribution in [-0.2, 0) is 9.47 Å². The summed E-state index contributed by atoms with van der Waals surface area (Å²) in [6.07, 6.45) is 0.779. The number of aliphatic hydroxyl groups is 1. The molecule has 0 radical (unpaired) electrons. The minimum Gasteiger partial charge on any atom is -0.396 e. The first-order valence-electron chi connectivity index (χ1n) is 5.93. The first kappa shape index (κ1) is 15.8. The highest BCUT2D eigenvalue weighted by molar-refractivity contribution is 4.79. The van der Waals surface area contributed by atoms with E-state index in [2.05, 4.69) is 26.1 Å². The molecular formula is C12H27NO3. The maximum atomic E-state index is 8.98. The van der Waals surface area contributed by atoms with Gasteiger partial charge >= 0.3 is 0 Å². The average Bonchev–Trinajstić information content (AvgIpc) is 2.20. The minimum atomic E-state index is 0.162. The third-order valence-corrected chi connectivity index (χ3v) is 2.53. The molecule has 0 aliphatic carbocycles. The van der Waals surface area contributed by atoms with Gasteiger partial charge in [0.1, 0.15) is 0 Å². The van der Waals surface area contributed by atoms with E-state index < -0.39 is 0 Å². The van der Waals surface area contributed by atoms with Gasteiger partial charge in [0.15, 0.2) is 0 Å². The van der Waals surface area contributed by atoms with Crippen LogP contribution in [0.15, 0.2) is 0 Å². The Hall–Kier alpha value is -0.160. The molecule has 0 heterocycles. The number of nitrogens with one attached hydrogen (secondary N) is 1. The van der Waals surface area contributed by atoms with E-state index in [1.165, 1.54) is 0 Å². The number of rotatable bonds is 9. The minimum absolute atomic E-state index is 0.162. The van der Waals surface area contributed by atoms with Crippen LogP contribution in [0.3, 0.4) is 0 Å². The van der Waals surface area contributed by atoms with E-state index >= 15 is 0 Å². The molecule has 0 spiro atoms. The lowest BCUT2D eigenvalue weighted by molar-refractivity contribution is 0.0682. The first-order chi connectivity index (χ1) is 7.52. The zero-order chi connectivity index (χ0) is 12.4. The lowest BCUT2D eigenvalue weighted by atomic mass is 9.85. The van der Waals surface area contributed by atoms with Crippen LogP contribution in [0, 0.1) is 5.41 Å². The standard InChI is InChI=1S/C12H27NO3/c1-12(2,3)11(5-7-14)13-6-8-16-10-9-15-4/h11,13-14H,5-10H2,1-4H3. The van der Waals surface area contributed by atoms with Gasteiger partial charge in [-0.1, -0.05) is 20.8 Å². The average molecular weight is 233 g/mol. The Labute approximate surface area is 99.3 Å². The molecule has 0 fully saturated rings. The normalized spacial score (nSPS) is 14.1. The van der Waals surface area contributed by atoms with Gasteiger partial charge in [-0.3, -0.25) is 0 Å². The smallest absolute Gasteiger partial charge is 0.0700 e. The van der Waals surface area contributed by atoms with Crippen molar-refractivity contribution in [3.05, 3.63) is 0 Å². The molecule has 0 saturated heterocycles. The molecule has 1 atom stereocenters. The monoisotopic (exact) mass is 233 g/mol. The molecule has 0 rings (SSSR count). The van der Waals surface area contributed by atoms with Crippen LogP contribution in [0.25, 0.3) is 0 Å². The van der Waals surface area contributed by atoms with Crippen molar-refractivity contribution in [3.63, 3.8) is 0 Å². The summed E-state index contributed by atoms with van der Waals surface area (Å²) in [5.41, 5.74) is 0.162. The Kier molecular flexibility index (Phi) is 8.84.